The Hall–Kier alpha value is -2.98. The summed E-state index contributed by atoms with van der Waals surface area (Å²) < 4.78 is 11.3. The number of benzene rings is 3. The minimum absolute atomic E-state index is 0.584. The van der Waals surface area contributed by atoms with Crippen LogP contribution in [0.15, 0.2) is 72.8 Å². The van der Waals surface area contributed by atoms with Crippen LogP contribution in [0, 0.1) is 0 Å². The van der Waals surface area contributed by atoms with Gasteiger partial charge >= 0.3 is 0 Å². The van der Waals surface area contributed by atoms with Crippen molar-refractivity contribution >= 4 is 5.69 Å². The maximum absolute atomic E-state index is 10.8. The molecule has 3 rings (SSSR count). The fraction of sp³-hybridized carbons (Fsp3) is 0.280. The normalized spacial score (nSPS) is 11.7. The van der Waals surface area contributed by atoms with Crippen molar-refractivity contribution in [2.45, 2.75) is 32.5 Å². The zero-order valence-corrected chi connectivity index (χ0v) is 17.3. The molecule has 0 fully saturated rings. The standard InChI is InChI=1S/C25H29NO3/c1-4-22(27)21-15-16-23(28-2)25(29-3)24(21)26(17-19-11-7-5-8-12-19)18-20-13-9-6-10-14-20/h5-16,22,27H,4,17-18H2,1-3H3. The van der Waals surface area contributed by atoms with Gasteiger partial charge in [0.15, 0.2) is 11.5 Å². The highest BCUT2D eigenvalue weighted by Gasteiger charge is 2.24. The second-order valence-electron chi connectivity index (χ2n) is 6.99. The second kappa shape index (κ2) is 9.99. The average Bonchev–Trinajstić information content (AvgIpc) is 2.78. The molecule has 152 valence electrons. The van der Waals surface area contributed by atoms with E-state index in [-0.39, 0.29) is 0 Å². The molecule has 3 aromatic carbocycles. The lowest BCUT2D eigenvalue weighted by Crippen LogP contribution is -2.25. The van der Waals surface area contributed by atoms with E-state index >= 15 is 0 Å². The molecule has 0 bridgehead atoms. The Bertz CT molecular complexity index is 855. The topological polar surface area (TPSA) is 41.9 Å². The summed E-state index contributed by atoms with van der Waals surface area (Å²) in [5, 5.41) is 10.8. The minimum atomic E-state index is -0.584. The van der Waals surface area contributed by atoms with Gasteiger partial charge in [0.2, 0.25) is 0 Å². The SMILES string of the molecule is CCC(O)c1ccc(OC)c(OC)c1N(Cc1ccccc1)Cc1ccccc1. The van der Waals surface area contributed by atoms with Crippen LogP contribution in [0.3, 0.4) is 0 Å². The van der Waals surface area contributed by atoms with Crippen molar-refractivity contribution in [1.29, 1.82) is 0 Å². The predicted molar refractivity (Wildman–Crippen MR) is 118 cm³/mol. The Morgan fingerprint density at radius 3 is 1.79 bits per heavy atom. The molecule has 0 heterocycles. The van der Waals surface area contributed by atoms with Gasteiger partial charge in [-0.25, -0.2) is 0 Å². The Labute approximate surface area is 173 Å². The molecule has 3 aromatic rings. The van der Waals surface area contributed by atoms with Gasteiger partial charge in [-0.15, -0.1) is 0 Å². The lowest BCUT2D eigenvalue weighted by molar-refractivity contribution is 0.173. The summed E-state index contributed by atoms with van der Waals surface area (Å²) in [5.74, 6) is 1.30. The molecule has 0 aliphatic heterocycles. The summed E-state index contributed by atoms with van der Waals surface area (Å²) in [6.07, 6.45) is 0.0337. The van der Waals surface area contributed by atoms with Crippen molar-refractivity contribution in [3.63, 3.8) is 0 Å². The number of hydrogen-bond donors (Lipinski definition) is 1. The van der Waals surface area contributed by atoms with Crippen LogP contribution in [-0.4, -0.2) is 19.3 Å². The molecule has 0 aliphatic carbocycles. The quantitative estimate of drug-likeness (QED) is 0.534. The van der Waals surface area contributed by atoms with Crippen LogP contribution in [0.2, 0.25) is 0 Å². The van der Waals surface area contributed by atoms with E-state index in [0.717, 1.165) is 11.3 Å². The van der Waals surface area contributed by atoms with Gasteiger partial charge in [0, 0.05) is 18.7 Å². The van der Waals surface area contributed by atoms with Gasteiger partial charge in [-0.1, -0.05) is 73.7 Å². The fourth-order valence-corrected chi connectivity index (χ4v) is 3.56. The van der Waals surface area contributed by atoms with E-state index in [2.05, 4.69) is 29.2 Å². The minimum Gasteiger partial charge on any atom is -0.493 e. The molecule has 0 aromatic heterocycles. The van der Waals surface area contributed by atoms with E-state index < -0.39 is 6.10 Å². The van der Waals surface area contributed by atoms with Gasteiger partial charge in [0.25, 0.3) is 0 Å². The van der Waals surface area contributed by atoms with Crippen LogP contribution in [0.1, 0.15) is 36.1 Å². The summed E-state index contributed by atoms with van der Waals surface area (Å²) >= 11 is 0. The van der Waals surface area contributed by atoms with Gasteiger partial charge in [-0.2, -0.15) is 0 Å². The fourth-order valence-electron chi connectivity index (χ4n) is 3.56. The van der Waals surface area contributed by atoms with Gasteiger partial charge in [-0.3, -0.25) is 0 Å². The number of aliphatic hydroxyl groups is 1. The number of anilines is 1. The first kappa shape index (κ1) is 20.7. The zero-order valence-electron chi connectivity index (χ0n) is 17.3. The molecule has 4 heteroatoms. The van der Waals surface area contributed by atoms with E-state index in [1.807, 2.05) is 55.5 Å². The van der Waals surface area contributed by atoms with Crippen molar-refractivity contribution < 1.29 is 14.6 Å². The van der Waals surface area contributed by atoms with Crippen LogP contribution in [0.4, 0.5) is 5.69 Å². The molecule has 0 saturated carbocycles. The summed E-state index contributed by atoms with van der Waals surface area (Å²) in [6.45, 7) is 3.34. The van der Waals surface area contributed by atoms with Crippen LogP contribution in [0.5, 0.6) is 11.5 Å². The second-order valence-corrected chi connectivity index (χ2v) is 6.99. The maximum atomic E-state index is 10.8. The van der Waals surface area contributed by atoms with E-state index in [1.165, 1.54) is 11.1 Å². The van der Waals surface area contributed by atoms with Gasteiger partial charge in [-0.05, 0) is 23.6 Å². The molecule has 0 saturated heterocycles. The molecule has 1 atom stereocenters. The Balaban J connectivity index is 2.14. The summed E-state index contributed by atoms with van der Waals surface area (Å²) in [4.78, 5) is 2.25. The lowest BCUT2D eigenvalue weighted by Gasteiger charge is -2.31. The highest BCUT2D eigenvalue weighted by Crippen LogP contribution is 2.44. The van der Waals surface area contributed by atoms with Gasteiger partial charge in [0.1, 0.15) is 0 Å². The molecule has 0 radical (unpaired) electrons. The number of aliphatic hydroxyl groups excluding tert-OH is 1. The smallest absolute Gasteiger partial charge is 0.184 e. The first-order valence-corrected chi connectivity index (χ1v) is 9.93. The predicted octanol–water partition coefficient (Wildman–Crippen LogP) is 5.35. The molecular weight excluding hydrogens is 362 g/mol. The molecule has 4 nitrogen and oxygen atoms in total. The molecule has 0 spiro atoms. The Morgan fingerprint density at radius 1 is 0.793 bits per heavy atom. The molecule has 1 unspecified atom stereocenters. The molecule has 0 amide bonds. The number of methoxy groups -OCH3 is 2. The number of ether oxygens (including phenoxy) is 2. The summed E-state index contributed by atoms with van der Waals surface area (Å²) in [7, 11) is 3.28. The van der Waals surface area contributed by atoms with Crippen molar-refractivity contribution in [2.24, 2.45) is 0 Å². The van der Waals surface area contributed by atoms with E-state index in [1.54, 1.807) is 14.2 Å². The van der Waals surface area contributed by atoms with Crippen molar-refractivity contribution in [1.82, 2.24) is 0 Å². The molecule has 29 heavy (non-hydrogen) atoms. The van der Waals surface area contributed by atoms with Crippen LogP contribution >= 0.6 is 0 Å². The van der Waals surface area contributed by atoms with Crippen molar-refractivity contribution in [3.05, 3.63) is 89.5 Å². The molecular formula is C25H29NO3. The summed E-state index contributed by atoms with van der Waals surface area (Å²) in [5.41, 5.74) is 4.08. The maximum Gasteiger partial charge on any atom is 0.184 e. The van der Waals surface area contributed by atoms with Crippen LogP contribution in [0.25, 0.3) is 0 Å². The van der Waals surface area contributed by atoms with E-state index in [4.69, 9.17) is 9.47 Å². The molecule has 0 aliphatic rings. The largest absolute Gasteiger partial charge is 0.493 e. The molecule has 1 N–H and O–H groups in total. The first-order chi connectivity index (χ1) is 14.2. The van der Waals surface area contributed by atoms with Gasteiger partial charge in [0.05, 0.1) is 26.0 Å². The third kappa shape index (κ3) is 4.90. The number of hydrogen-bond acceptors (Lipinski definition) is 4. The van der Waals surface area contributed by atoms with Crippen LogP contribution < -0.4 is 14.4 Å². The van der Waals surface area contributed by atoms with E-state index in [9.17, 15) is 5.11 Å². The first-order valence-electron chi connectivity index (χ1n) is 9.93. The van der Waals surface area contributed by atoms with Gasteiger partial charge < -0.3 is 19.5 Å². The lowest BCUT2D eigenvalue weighted by atomic mass is 10.0. The number of rotatable bonds is 9. The van der Waals surface area contributed by atoms with Crippen LogP contribution in [-0.2, 0) is 13.1 Å². The monoisotopic (exact) mass is 391 g/mol. The highest BCUT2D eigenvalue weighted by atomic mass is 16.5. The highest BCUT2D eigenvalue weighted by molar-refractivity contribution is 5.70. The third-order valence-electron chi connectivity index (χ3n) is 5.05. The van der Waals surface area contributed by atoms with Crippen molar-refractivity contribution in [2.75, 3.05) is 19.1 Å². The third-order valence-corrected chi connectivity index (χ3v) is 5.05. The number of nitrogens with zero attached hydrogens (tertiary/aromatic N) is 1. The Morgan fingerprint density at radius 2 is 1.34 bits per heavy atom. The average molecular weight is 392 g/mol. The Kier molecular flexibility index (Phi) is 7.14. The van der Waals surface area contributed by atoms with Crippen molar-refractivity contribution in [3.8, 4) is 11.5 Å². The van der Waals surface area contributed by atoms with E-state index in [0.29, 0.717) is 31.0 Å². The summed E-state index contributed by atoms with van der Waals surface area (Å²) in [6, 6.07) is 24.4. The zero-order chi connectivity index (χ0) is 20.6.